The van der Waals surface area contributed by atoms with E-state index in [-0.39, 0.29) is 0 Å². The topological polar surface area (TPSA) is 26.0 Å². The lowest BCUT2D eigenvalue weighted by atomic mass is 10.2. The molecule has 2 N–H and O–H groups in total. The molecule has 1 aliphatic heterocycles. The molecule has 0 radical (unpaired) electrons. The molecule has 2 heteroatoms. The van der Waals surface area contributed by atoms with E-state index in [0.29, 0.717) is 6.04 Å². The van der Waals surface area contributed by atoms with Crippen LogP contribution in [-0.4, -0.2) is 17.5 Å². The molecule has 0 bridgehead atoms. The van der Waals surface area contributed by atoms with Crippen LogP contribution in [0.1, 0.15) is 19.3 Å². The summed E-state index contributed by atoms with van der Waals surface area (Å²) in [5, 5.41) is 0. The Bertz CT molecular complexity index is 57.5. The SMILES string of the molecule is NC1CCCCSC1. The molecule has 1 aliphatic rings. The lowest BCUT2D eigenvalue weighted by Crippen LogP contribution is -2.21. The number of hydrogen-bond donors (Lipinski definition) is 1. The van der Waals surface area contributed by atoms with Gasteiger partial charge in [0.05, 0.1) is 0 Å². The lowest BCUT2D eigenvalue weighted by Gasteiger charge is -2.02. The molecule has 0 aromatic rings. The van der Waals surface area contributed by atoms with Crippen LogP contribution >= 0.6 is 11.8 Å². The number of nitrogens with two attached hydrogens (primary N) is 1. The molecular formula is C6H13NS. The first-order valence-corrected chi connectivity index (χ1v) is 4.38. The van der Waals surface area contributed by atoms with Crippen molar-refractivity contribution in [1.29, 1.82) is 0 Å². The molecule has 1 heterocycles. The van der Waals surface area contributed by atoms with Gasteiger partial charge in [-0.2, -0.15) is 11.8 Å². The zero-order valence-electron chi connectivity index (χ0n) is 5.10. The first-order chi connectivity index (χ1) is 3.89. The Morgan fingerprint density at radius 3 is 3.12 bits per heavy atom. The standard InChI is InChI=1S/C6H13NS/c7-6-3-1-2-4-8-5-6/h6H,1-5,7H2. The van der Waals surface area contributed by atoms with Gasteiger partial charge in [-0.1, -0.05) is 6.42 Å². The summed E-state index contributed by atoms with van der Waals surface area (Å²) in [4.78, 5) is 0. The maximum Gasteiger partial charge on any atom is 0.0130 e. The zero-order valence-corrected chi connectivity index (χ0v) is 5.91. The highest BCUT2D eigenvalue weighted by atomic mass is 32.2. The summed E-state index contributed by atoms with van der Waals surface area (Å²) in [6.07, 6.45) is 3.96. The van der Waals surface area contributed by atoms with Crippen molar-refractivity contribution >= 4 is 11.8 Å². The number of thioether (sulfide) groups is 1. The Morgan fingerprint density at radius 1 is 1.38 bits per heavy atom. The van der Waals surface area contributed by atoms with Crippen LogP contribution in [0, 0.1) is 0 Å². The molecule has 1 nitrogen and oxygen atoms in total. The average molecular weight is 131 g/mol. The van der Waals surface area contributed by atoms with Gasteiger partial charge < -0.3 is 5.73 Å². The Kier molecular flexibility index (Phi) is 2.70. The van der Waals surface area contributed by atoms with Crippen molar-refractivity contribution < 1.29 is 0 Å². The molecule has 1 unspecified atom stereocenters. The quantitative estimate of drug-likeness (QED) is 0.535. The van der Waals surface area contributed by atoms with E-state index in [1.54, 1.807) is 0 Å². The van der Waals surface area contributed by atoms with Crippen molar-refractivity contribution in [3.8, 4) is 0 Å². The van der Waals surface area contributed by atoms with Crippen molar-refractivity contribution in [3.63, 3.8) is 0 Å². The third-order valence-electron chi connectivity index (χ3n) is 1.45. The van der Waals surface area contributed by atoms with Crippen LogP contribution in [0.4, 0.5) is 0 Å². The molecule has 48 valence electrons. The van der Waals surface area contributed by atoms with Gasteiger partial charge in [0.25, 0.3) is 0 Å². The van der Waals surface area contributed by atoms with Gasteiger partial charge >= 0.3 is 0 Å². The van der Waals surface area contributed by atoms with Gasteiger partial charge in [-0.3, -0.25) is 0 Å². The molecule has 0 amide bonds. The molecule has 0 saturated carbocycles. The summed E-state index contributed by atoms with van der Waals surface area (Å²) in [6.45, 7) is 0. The molecule has 8 heavy (non-hydrogen) atoms. The minimum atomic E-state index is 0.488. The third kappa shape index (κ3) is 2.05. The molecule has 0 aliphatic carbocycles. The van der Waals surface area contributed by atoms with E-state index < -0.39 is 0 Å². The van der Waals surface area contributed by atoms with E-state index in [0.717, 1.165) is 0 Å². The fourth-order valence-corrected chi connectivity index (χ4v) is 1.97. The summed E-state index contributed by atoms with van der Waals surface area (Å²) < 4.78 is 0. The molecule has 0 spiro atoms. The van der Waals surface area contributed by atoms with Crippen LogP contribution in [0.5, 0.6) is 0 Å². The van der Waals surface area contributed by atoms with Crippen LogP contribution < -0.4 is 5.73 Å². The van der Waals surface area contributed by atoms with Gasteiger partial charge in [-0.05, 0) is 18.6 Å². The summed E-state index contributed by atoms with van der Waals surface area (Å²) in [5.74, 6) is 2.51. The summed E-state index contributed by atoms with van der Waals surface area (Å²) in [5.41, 5.74) is 5.71. The predicted molar refractivity (Wildman–Crippen MR) is 39.2 cm³/mol. The van der Waals surface area contributed by atoms with Crippen LogP contribution in [0.2, 0.25) is 0 Å². The van der Waals surface area contributed by atoms with Crippen LogP contribution in [0.15, 0.2) is 0 Å². The van der Waals surface area contributed by atoms with Crippen LogP contribution in [0.3, 0.4) is 0 Å². The first kappa shape index (κ1) is 6.43. The van der Waals surface area contributed by atoms with Crippen molar-refractivity contribution in [2.24, 2.45) is 5.73 Å². The maximum absolute atomic E-state index is 5.71. The highest BCUT2D eigenvalue weighted by Gasteiger charge is 2.05. The Hall–Kier alpha value is 0.310. The van der Waals surface area contributed by atoms with Crippen molar-refractivity contribution in [3.05, 3.63) is 0 Å². The van der Waals surface area contributed by atoms with Gasteiger partial charge in [0, 0.05) is 11.8 Å². The van der Waals surface area contributed by atoms with Gasteiger partial charge in [0.15, 0.2) is 0 Å². The second kappa shape index (κ2) is 3.36. The van der Waals surface area contributed by atoms with Crippen LogP contribution in [-0.2, 0) is 0 Å². The lowest BCUT2D eigenvalue weighted by molar-refractivity contribution is 0.637. The van der Waals surface area contributed by atoms with E-state index in [2.05, 4.69) is 0 Å². The smallest absolute Gasteiger partial charge is 0.0130 e. The second-order valence-corrected chi connectivity index (χ2v) is 3.48. The fraction of sp³-hybridized carbons (Fsp3) is 1.00. The molecule has 1 rings (SSSR count). The highest BCUT2D eigenvalue weighted by molar-refractivity contribution is 7.99. The van der Waals surface area contributed by atoms with E-state index in [1.165, 1.54) is 30.8 Å². The van der Waals surface area contributed by atoms with Crippen molar-refractivity contribution in [1.82, 2.24) is 0 Å². The van der Waals surface area contributed by atoms with E-state index in [9.17, 15) is 0 Å². The minimum Gasteiger partial charge on any atom is -0.327 e. The summed E-state index contributed by atoms with van der Waals surface area (Å²) >= 11 is 2.00. The molecule has 0 aromatic carbocycles. The second-order valence-electron chi connectivity index (χ2n) is 2.33. The zero-order chi connectivity index (χ0) is 5.82. The molecule has 0 aromatic heterocycles. The maximum atomic E-state index is 5.71. The third-order valence-corrected chi connectivity index (χ3v) is 2.69. The molecule has 1 atom stereocenters. The largest absolute Gasteiger partial charge is 0.327 e. The average Bonchev–Trinajstić information content (AvgIpc) is 1.94. The molecule has 1 saturated heterocycles. The first-order valence-electron chi connectivity index (χ1n) is 3.23. The molecular weight excluding hydrogens is 118 g/mol. The normalized spacial score (nSPS) is 31.9. The minimum absolute atomic E-state index is 0.488. The Balaban J connectivity index is 2.17. The predicted octanol–water partition coefficient (Wildman–Crippen LogP) is 1.23. The Morgan fingerprint density at radius 2 is 2.25 bits per heavy atom. The Labute approximate surface area is 55.0 Å². The summed E-state index contributed by atoms with van der Waals surface area (Å²) in [6, 6.07) is 0.488. The number of hydrogen-bond acceptors (Lipinski definition) is 2. The van der Waals surface area contributed by atoms with Gasteiger partial charge in [-0.25, -0.2) is 0 Å². The monoisotopic (exact) mass is 131 g/mol. The van der Waals surface area contributed by atoms with E-state index >= 15 is 0 Å². The van der Waals surface area contributed by atoms with Gasteiger partial charge in [0.2, 0.25) is 0 Å². The molecule has 1 fully saturated rings. The van der Waals surface area contributed by atoms with E-state index in [4.69, 9.17) is 5.73 Å². The van der Waals surface area contributed by atoms with Crippen molar-refractivity contribution in [2.45, 2.75) is 25.3 Å². The van der Waals surface area contributed by atoms with E-state index in [1.807, 2.05) is 11.8 Å². The summed E-state index contributed by atoms with van der Waals surface area (Å²) in [7, 11) is 0. The van der Waals surface area contributed by atoms with Crippen molar-refractivity contribution in [2.75, 3.05) is 11.5 Å². The fourth-order valence-electron chi connectivity index (χ4n) is 0.929. The van der Waals surface area contributed by atoms with Gasteiger partial charge in [-0.15, -0.1) is 0 Å². The van der Waals surface area contributed by atoms with Crippen LogP contribution in [0.25, 0.3) is 0 Å². The number of rotatable bonds is 0. The highest BCUT2D eigenvalue weighted by Crippen LogP contribution is 2.14. The van der Waals surface area contributed by atoms with Gasteiger partial charge in [0.1, 0.15) is 0 Å².